The van der Waals surface area contributed by atoms with E-state index in [2.05, 4.69) is 20.9 Å². The topological polar surface area (TPSA) is 74.8 Å². The maximum absolute atomic E-state index is 12.1. The normalized spacial score (nSPS) is 15.4. The Morgan fingerprint density at radius 3 is 2.42 bits per heavy atom. The van der Waals surface area contributed by atoms with Crippen molar-refractivity contribution < 1.29 is 9.53 Å². The minimum atomic E-state index is 0.201. The number of nitrogens with one attached hydrogen (secondary N) is 3. The maximum Gasteiger partial charge on any atom is 0.223 e. The van der Waals surface area contributed by atoms with Crippen LogP contribution in [0.1, 0.15) is 44.6 Å². The number of guanidine groups is 1. The second kappa shape index (κ2) is 11.4. The summed E-state index contributed by atoms with van der Waals surface area (Å²) in [6, 6.07) is 7.89. The summed E-state index contributed by atoms with van der Waals surface area (Å²) in [5.74, 6) is 2.01. The summed E-state index contributed by atoms with van der Waals surface area (Å²) in [5.41, 5.74) is 1.12. The highest BCUT2D eigenvalue weighted by Gasteiger charge is 2.20. The van der Waals surface area contributed by atoms with Gasteiger partial charge in [-0.3, -0.25) is 4.79 Å². The first-order valence-corrected chi connectivity index (χ1v) is 9.65. The molecule has 0 atom stereocenters. The van der Waals surface area contributed by atoms with Crippen molar-refractivity contribution in [2.45, 2.75) is 45.6 Å². The molecule has 1 aromatic carbocycles. The van der Waals surface area contributed by atoms with Gasteiger partial charge in [0.05, 0.1) is 13.7 Å². The molecule has 0 spiro atoms. The molecule has 0 aromatic heterocycles. The molecule has 0 aliphatic heterocycles. The number of nitrogens with zero attached hydrogens (tertiary/aromatic N) is 1. The molecule has 1 aliphatic carbocycles. The molecule has 144 valence electrons. The standard InChI is InChI=1S/C20H32N4O2/c1-3-21-20(24-15-16-9-11-18(26-2)12-10-16)23-14-13-22-19(25)17-7-5-4-6-8-17/h9-12,17H,3-8,13-15H2,1-2H3,(H,22,25)(H2,21,23,24). The van der Waals surface area contributed by atoms with Gasteiger partial charge in [-0.25, -0.2) is 4.99 Å². The number of carbonyl (C=O) groups is 1. The lowest BCUT2D eigenvalue weighted by molar-refractivity contribution is -0.125. The van der Waals surface area contributed by atoms with Crippen molar-refractivity contribution in [3.8, 4) is 5.75 Å². The molecule has 0 saturated heterocycles. The van der Waals surface area contributed by atoms with E-state index in [0.29, 0.717) is 19.6 Å². The predicted molar refractivity (Wildman–Crippen MR) is 105 cm³/mol. The number of rotatable bonds is 8. The van der Waals surface area contributed by atoms with E-state index in [-0.39, 0.29) is 11.8 Å². The van der Waals surface area contributed by atoms with E-state index in [9.17, 15) is 4.79 Å². The Kier molecular flexibility index (Phi) is 8.79. The van der Waals surface area contributed by atoms with Crippen molar-refractivity contribution in [3.05, 3.63) is 29.8 Å². The molecule has 3 N–H and O–H groups in total. The van der Waals surface area contributed by atoms with Crippen LogP contribution in [0.25, 0.3) is 0 Å². The number of hydrogen-bond donors (Lipinski definition) is 3. The zero-order valence-electron chi connectivity index (χ0n) is 16.0. The zero-order valence-corrected chi connectivity index (χ0v) is 16.0. The smallest absolute Gasteiger partial charge is 0.223 e. The van der Waals surface area contributed by atoms with Crippen molar-refractivity contribution in [2.75, 3.05) is 26.7 Å². The van der Waals surface area contributed by atoms with Gasteiger partial charge in [0.15, 0.2) is 5.96 Å². The predicted octanol–water partition coefficient (Wildman–Crippen LogP) is 2.45. The van der Waals surface area contributed by atoms with Crippen molar-refractivity contribution in [3.63, 3.8) is 0 Å². The lowest BCUT2D eigenvalue weighted by Crippen LogP contribution is -2.42. The molecule has 0 bridgehead atoms. The van der Waals surface area contributed by atoms with Crippen molar-refractivity contribution >= 4 is 11.9 Å². The van der Waals surface area contributed by atoms with E-state index >= 15 is 0 Å². The Morgan fingerprint density at radius 1 is 1.08 bits per heavy atom. The van der Waals surface area contributed by atoms with Crippen LogP contribution in [0, 0.1) is 5.92 Å². The third-order valence-electron chi connectivity index (χ3n) is 4.62. The Morgan fingerprint density at radius 2 is 1.77 bits per heavy atom. The molecule has 1 aromatic rings. The molecule has 1 amide bonds. The highest BCUT2D eigenvalue weighted by Crippen LogP contribution is 2.23. The number of ether oxygens (including phenoxy) is 1. The summed E-state index contributed by atoms with van der Waals surface area (Å²) in [4.78, 5) is 16.7. The summed E-state index contributed by atoms with van der Waals surface area (Å²) in [7, 11) is 1.66. The first-order chi connectivity index (χ1) is 12.7. The summed E-state index contributed by atoms with van der Waals surface area (Å²) < 4.78 is 5.17. The lowest BCUT2D eigenvalue weighted by Gasteiger charge is -2.21. The van der Waals surface area contributed by atoms with Crippen LogP contribution in [0.2, 0.25) is 0 Å². The highest BCUT2D eigenvalue weighted by atomic mass is 16.5. The van der Waals surface area contributed by atoms with Gasteiger partial charge in [0.2, 0.25) is 5.91 Å². The molecule has 6 nitrogen and oxygen atoms in total. The SMILES string of the molecule is CCNC(=NCc1ccc(OC)cc1)NCCNC(=O)C1CCCCC1. The minimum Gasteiger partial charge on any atom is -0.497 e. The Bertz CT molecular complexity index is 566. The minimum absolute atomic E-state index is 0.201. The quantitative estimate of drug-likeness (QED) is 0.378. The van der Waals surface area contributed by atoms with Gasteiger partial charge in [-0.1, -0.05) is 31.4 Å². The first kappa shape index (κ1) is 20.1. The summed E-state index contributed by atoms with van der Waals surface area (Å²) >= 11 is 0. The number of methoxy groups -OCH3 is 1. The van der Waals surface area contributed by atoms with Crippen LogP contribution in [0.15, 0.2) is 29.3 Å². The second-order valence-electron chi connectivity index (χ2n) is 6.60. The number of amides is 1. The fourth-order valence-electron chi connectivity index (χ4n) is 3.12. The van der Waals surface area contributed by atoms with E-state index in [0.717, 1.165) is 36.7 Å². The molecule has 0 heterocycles. The van der Waals surface area contributed by atoms with Crippen LogP contribution in [0.3, 0.4) is 0 Å². The second-order valence-corrected chi connectivity index (χ2v) is 6.60. The highest BCUT2D eigenvalue weighted by molar-refractivity contribution is 5.80. The van der Waals surface area contributed by atoms with Crippen molar-refractivity contribution in [1.29, 1.82) is 0 Å². The molecule has 0 unspecified atom stereocenters. The third kappa shape index (κ3) is 6.94. The van der Waals surface area contributed by atoms with E-state index in [4.69, 9.17) is 4.74 Å². The monoisotopic (exact) mass is 360 g/mol. The van der Waals surface area contributed by atoms with Crippen LogP contribution >= 0.6 is 0 Å². The molecular formula is C20H32N4O2. The molecule has 1 saturated carbocycles. The average Bonchev–Trinajstić information content (AvgIpc) is 2.70. The van der Waals surface area contributed by atoms with Gasteiger partial charge >= 0.3 is 0 Å². The molecule has 0 radical (unpaired) electrons. The molecule has 26 heavy (non-hydrogen) atoms. The Balaban J connectivity index is 1.73. The summed E-state index contributed by atoms with van der Waals surface area (Å²) in [6.07, 6.45) is 5.69. The summed E-state index contributed by atoms with van der Waals surface area (Å²) in [5, 5.41) is 9.54. The van der Waals surface area contributed by atoms with Crippen LogP contribution in [0.5, 0.6) is 5.75 Å². The average molecular weight is 361 g/mol. The maximum atomic E-state index is 12.1. The molecule has 1 fully saturated rings. The Hall–Kier alpha value is -2.24. The van der Waals surface area contributed by atoms with E-state index in [1.165, 1.54) is 19.3 Å². The zero-order chi connectivity index (χ0) is 18.6. The molecular weight excluding hydrogens is 328 g/mol. The van der Waals surface area contributed by atoms with Gasteiger partial charge in [0.25, 0.3) is 0 Å². The van der Waals surface area contributed by atoms with Crippen LogP contribution in [-0.4, -0.2) is 38.6 Å². The first-order valence-electron chi connectivity index (χ1n) is 9.65. The van der Waals surface area contributed by atoms with Gasteiger partial charge < -0.3 is 20.7 Å². The van der Waals surface area contributed by atoms with E-state index in [1.54, 1.807) is 7.11 Å². The van der Waals surface area contributed by atoms with Gasteiger partial charge in [0, 0.05) is 25.6 Å². The fraction of sp³-hybridized carbons (Fsp3) is 0.600. The van der Waals surface area contributed by atoms with E-state index < -0.39 is 0 Å². The Labute approximate surface area is 156 Å². The third-order valence-corrected chi connectivity index (χ3v) is 4.62. The molecule has 6 heteroatoms. The lowest BCUT2D eigenvalue weighted by atomic mass is 9.89. The van der Waals surface area contributed by atoms with Crippen LogP contribution in [-0.2, 0) is 11.3 Å². The summed E-state index contributed by atoms with van der Waals surface area (Å²) in [6.45, 7) is 4.70. The van der Waals surface area contributed by atoms with Crippen LogP contribution < -0.4 is 20.7 Å². The van der Waals surface area contributed by atoms with Crippen molar-refractivity contribution in [1.82, 2.24) is 16.0 Å². The number of benzene rings is 1. The van der Waals surface area contributed by atoms with Gasteiger partial charge in [0.1, 0.15) is 5.75 Å². The molecule has 2 rings (SSSR count). The van der Waals surface area contributed by atoms with Crippen LogP contribution in [0.4, 0.5) is 0 Å². The molecule has 1 aliphatic rings. The fourth-order valence-corrected chi connectivity index (χ4v) is 3.12. The van der Waals surface area contributed by atoms with Gasteiger partial charge in [-0.15, -0.1) is 0 Å². The van der Waals surface area contributed by atoms with Crippen molar-refractivity contribution in [2.24, 2.45) is 10.9 Å². The number of carbonyl (C=O) groups excluding carboxylic acids is 1. The number of hydrogen-bond acceptors (Lipinski definition) is 3. The van der Waals surface area contributed by atoms with Gasteiger partial charge in [-0.05, 0) is 37.5 Å². The number of aliphatic imine (C=N–C) groups is 1. The largest absolute Gasteiger partial charge is 0.497 e. The van der Waals surface area contributed by atoms with E-state index in [1.807, 2.05) is 31.2 Å². The van der Waals surface area contributed by atoms with Gasteiger partial charge in [-0.2, -0.15) is 0 Å².